The second-order valence-electron chi connectivity index (χ2n) is 4.32. The molecule has 1 heterocycles. The van der Waals surface area contributed by atoms with Crippen molar-refractivity contribution in [1.29, 1.82) is 0 Å². The SMILES string of the molecule is CNC(=O)C1COCCN1C1CCCC1=O. The molecule has 0 bridgehead atoms. The van der Waals surface area contributed by atoms with E-state index in [4.69, 9.17) is 4.74 Å². The van der Waals surface area contributed by atoms with Crippen LogP contribution in [0.2, 0.25) is 0 Å². The highest BCUT2D eigenvalue weighted by molar-refractivity contribution is 5.88. The molecule has 2 rings (SSSR count). The number of nitrogens with zero attached hydrogens (tertiary/aromatic N) is 1. The van der Waals surface area contributed by atoms with E-state index in [0.29, 0.717) is 26.2 Å². The molecule has 1 aliphatic heterocycles. The van der Waals surface area contributed by atoms with E-state index in [1.807, 2.05) is 4.90 Å². The Morgan fingerprint density at radius 1 is 1.56 bits per heavy atom. The summed E-state index contributed by atoms with van der Waals surface area (Å²) in [6.07, 6.45) is 2.48. The van der Waals surface area contributed by atoms with Gasteiger partial charge in [0.2, 0.25) is 5.91 Å². The molecular formula is C11H18N2O3. The summed E-state index contributed by atoms with van der Waals surface area (Å²) in [5.41, 5.74) is 0. The lowest BCUT2D eigenvalue weighted by molar-refractivity contribution is -0.137. The Hall–Kier alpha value is -0.940. The molecule has 2 fully saturated rings. The summed E-state index contributed by atoms with van der Waals surface area (Å²) in [5.74, 6) is 0.218. The van der Waals surface area contributed by atoms with Gasteiger partial charge in [-0.05, 0) is 12.8 Å². The van der Waals surface area contributed by atoms with Crippen molar-refractivity contribution in [3.05, 3.63) is 0 Å². The Labute approximate surface area is 95.1 Å². The summed E-state index contributed by atoms with van der Waals surface area (Å²) in [6, 6.07) is -0.364. The van der Waals surface area contributed by atoms with E-state index >= 15 is 0 Å². The largest absolute Gasteiger partial charge is 0.378 e. The van der Waals surface area contributed by atoms with E-state index in [0.717, 1.165) is 12.8 Å². The molecule has 16 heavy (non-hydrogen) atoms. The fraction of sp³-hybridized carbons (Fsp3) is 0.818. The minimum atomic E-state index is -0.300. The Morgan fingerprint density at radius 2 is 2.38 bits per heavy atom. The zero-order valence-corrected chi connectivity index (χ0v) is 9.57. The molecule has 0 spiro atoms. The molecule has 0 radical (unpaired) electrons. The average molecular weight is 226 g/mol. The van der Waals surface area contributed by atoms with Crippen molar-refractivity contribution in [2.75, 3.05) is 26.8 Å². The maximum absolute atomic E-state index is 11.7. The Morgan fingerprint density at radius 3 is 3.00 bits per heavy atom. The van der Waals surface area contributed by atoms with Crippen LogP contribution in [0.5, 0.6) is 0 Å². The summed E-state index contributed by atoms with van der Waals surface area (Å²) in [7, 11) is 1.62. The number of hydrogen-bond acceptors (Lipinski definition) is 4. The number of morpholine rings is 1. The topological polar surface area (TPSA) is 58.6 Å². The fourth-order valence-electron chi connectivity index (χ4n) is 2.53. The minimum absolute atomic E-state index is 0.0561. The minimum Gasteiger partial charge on any atom is -0.378 e. The molecule has 0 aromatic carbocycles. The molecule has 1 amide bonds. The quantitative estimate of drug-likeness (QED) is 0.693. The highest BCUT2D eigenvalue weighted by atomic mass is 16.5. The van der Waals surface area contributed by atoms with Crippen LogP contribution in [0.1, 0.15) is 19.3 Å². The number of ether oxygens (including phenoxy) is 1. The number of ketones is 1. The van der Waals surface area contributed by atoms with Gasteiger partial charge in [0.05, 0.1) is 19.3 Å². The molecule has 0 aromatic heterocycles. The average Bonchev–Trinajstić information content (AvgIpc) is 2.74. The van der Waals surface area contributed by atoms with Gasteiger partial charge in [-0.1, -0.05) is 0 Å². The Kier molecular flexibility index (Phi) is 3.56. The number of hydrogen-bond donors (Lipinski definition) is 1. The van der Waals surface area contributed by atoms with E-state index < -0.39 is 0 Å². The van der Waals surface area contributed by atoms with Crippen LogP contribution in [-0.4, -0.2) is 55.5 Å². The summed E-state index contributed by atoms with van der Waals surface area (Å²) >= 11 is 0. The molecule has 90 valence electrons. The molecule has 2 atom stereocenters. The summed E-state index contributed by atoms with van der Waals surface area (Å²) < 4.78 is 5.32. The number of nitrogens with one attached hydrogen (secondary N) is 1. The van der Waals surface area contributed by atoms with Crippen molar-refractivity contribution in [3.63, 3.8) is 0 Å². The lowest BCUT2D eigenvalue weighted by atomic mass is 10.1. The van der Waals surface area contributed by atoms with Gasteiger partial charge in [0, 0.05) is 20.0 Å². The summed E-state index contributed by atoms with van der Waals surface area (Å²) in [6.45, 7) is 1.68. The van der Waals surface area contributed by atoms with Crippen molar-refractivity contribution in [1.82, 2.24) is 10.2 Å². The van der Waals surface area contributed by atoms with Gasteiger partial charge in [-0.2, -0.15) is 0 Å². The Balaban J connectivity index is 2.09. The smallest absolute Gasteiger partial charge is 0.239 e. The third-order valence-electron chi connectivity index (χ3n) is 3.39. The molecule has 5 nitrogen and oxygen atoms in total. The first-order chi connectivity index (χ1) is 7.74. The van der Waals surface area contributed by atoms with Crippen LogP contribution >= 0.6 is 0 Å². The number of amides is 1. The van der Waals surface area contributed by atoms with E-state index in [1.165, 1.54) is 0 Å². The molecular weight excluding hydrogens is 208 g/mol. The summed E-state index contributed by atoms with van der Waals surface area (Å²) in [4.78, 5) is 25.4. The first-order valence-electron chi connectivity index (χ1n) is 5.82. The number of carbonyl (C=O) groups is 2. The van der Waals surface area contributed by atoms with Crippen LogP contribution < -0.4 is 5.32 Å². The van der Waals surface area contributed by atoms with E-state index in [2.05, 4.69) is 5.32 Å². The third-order valence-corrected chi connectivity index (χ3v) is 3.39. The number of carbonyl (C=O) groups excluding carboxylic acids is 2. The van der Waals surface area contributed by atoms with Crippen molar-refractivity contribution in [3.8, 4) is 0 Å². The van der Waals surface area contributed by atoms with Crippen molar-refractivity contribution in [2.24, 2.45) is 0 Å². The predicted octanol–water partition coefficient (Wildman–Crippen LogP) is -0.445. The lowest BCUT2D eigenvalue weighted by Crippen LogP contribution is -2.57. The molecule has 1 N–H and O–H groups in total. The maximum atomic E-state index is 11.7. The van der Waals surface area contributed by atoms with Crippen LogP contribution in [0.3, 0.4) is 0 Å². The van der Waals surface area contributed by atoms with Crippen LogP contribution in [0.15, 0.2) is 0 Å². The van der Waals surface area contributed by atoms with Crippen molar-refractivity contribution in [2.45, 2.75) is 31.3 Å². The van der Waals surface area contributed by atoms with Crippen molar-refractivity contribution < 1.29 is 14.3 Å². The standard InChI is InChI=1S/C11H18N2O3/c1-12-11(15)9-7-16-6-5-13(9)8-3-2-4-10(8)14/h8-9H,2-7H2,1H3,(H,12,15). The fourth-order valence-corrected chi connectivity index (χ4v) is 2.53. The molecule has 2 aliphatic rings. The monoisotopic (exact) mass is 226 g/mol. The predicted molar refractivity (Wildman–Crippen MR) is 58.0 cm³/mol. The summed E-state index contributed by atoms with van der Waals surface area (Å²) in [5, 5.41) is 2.63. The molecule has 2 unspecified atom stereocenters. The lowest BCUT2D eigenvalue weighted by Gasteiger charge is -2.37. The maximum Gasteiger partial charge on any atom is 0.239 e. The zero-order valence-electron chi connectivity index (χ0n) is 9.57. The number of Topliss-reactive ketones (excluding diaryl/α,β-unsaturated/α-hetero) is 1. The van der Waals surface area contributed by atoms with E-state index in [-0.39, 0.29) is 23.8 Å². The van der Waals surface area contributed by atoms with Crippen LogP contribution in [0.25, 0.3) is 0 Å². The van der Waals surface area contributed by atoms with Gasteiger partial charge in [0.15, 0.2) is 0 Å². The van der Waals surface area contributed by atoms with Gasteiger partial charge >= 0.3 is 0 Å². The van der Waals surface area contributed by atoms with Crippen LogP contribution in [-0.2, 0) is 14.3 Å². The van der Waals surface area contributed by atoms with Gasteiger partial charge < -0.3 is 10.1 Å². The first-order valence-corrected chi connectivity index (χ1v) is 5.82. The zero-order chi connectivity index (χ0) is 11.5. The van der Waals surface area contributed by atoms with E-state index in [1.54, 1.807) is 7.05 Å². The molecule has 1 aliphatic carbocycles. The second kappa shape index (κ2) is 4.93. The van der Waals surface area contributed by atoms with Crippen molar-refractivity contribution >= 4 is 11.7 Å². The molecule has 1 saturated carbocycles. The third kappa shape index (κ3) is 2.10. The van der Waals surface area contributed by atoms with Crippen LogP contribution in [0, 0.1) is 0 Å². The highest BCUT2D eigenvalue weighted by Crippen LogP contribution is 2.23. The van der Waals surface area contributed by atoms with Gasteiger partial charge in [-0.25, -0.2) is 0 Å². The van der Waals surface area contributed by atoms with Gasteiger partial charge in [-0.15, -0.1) is 0 Å². The highest BCUT2D eigenvalue weighted by Gasteiger charge is 2.38. The van der Waals surface area contributed by atoms with Gasteiger partial charge in [-0.3, -0.25) is 14.5 Å². The normalized spacial score (nSPS) is 31.7. The Bertz CT molecular complexity index is 293. The molecule has 0 aromatic rings. The van der Waals surface area contributed by atoms with Gasteiger partial charge in [0.1, 0.15) is 11.8 Å². The second-order valence-corrected chi connectivity index (χ2v) is 4.32. The van der Waals surface area contributed by atoms with E-state index in [9.17, 15) is 9.59 Å². The number of rotatable bonds is 2. The van der Waals surface area contributed by atoms with Crippen LogP contribution in [0.4, 0.5) is 0 Å². The number of likely N-dealkylation sites (N-methyl/N-ethyl adjacent to an activating group) is 1. The molecule has 1 saturated heterocycles. The molecule has 5 heteroatoms. The van der Waals surface area contributed by atoms with Gasteiger partial charge in [0.25, 0.3) is 0 Å². The first kappa shape index (κ1) is 11.5.